The average Bonchev–Trinajstić information content (AvgIpc) is 3.33. The maximum atomic E-state index is 12.8. The highest BCUT2D eigenvalue weighted by atomic mass is 35.5. The van der Waals surface area contributed by atoms with Gasteiger partial charge in [-0.05, 0) is 55.0 Å². The van der Waals surface area contributed by atoms with Crippen LogP contribution in [0.3, 0.4) is 0 Å². The van der Waals surface area contributed by atoms with Gasteiger partial charge in [0.1, 0.15) is 0 Å². The first-order valence-corrected chi connectivity index (χ1v) is 11.0. The summed E-state index contributed by atoms with van der Waals surface area (Å²) in [6.45, 7) is 1.04. The first-order chi connectivity index (χ1) is 13.0. The molecule has 2 aromatic carbocycles. The highest BCUT2D eigenvalue weighted by Gasteiger charge is 2.29. The number of nitrogens with one attached hydrogen (secondary N) is 1. The van der Waals surface area contributed by atoms with Crippen LogP contribution < -0.4 is 5.32 Å². The molecule has 7 heteroatoms. The van der Waals surface area contributed by atoms with E-state index in [0.29, 0.717) is 13.1 Å². The number of fused-ring (bicyclic) bond motifs is 1. The Morgan fingerprint density at radius 1 is 1.11 bits per heavy atom. The average molecular weight is 405 g/mol. The maximum Gasteiger partial charge on any atom is 0.253 e. The summed E-state index contributed by atoms with van der Waals surface area (Å²) in [6, 6.07) is 12.3. The maximum absolute atomic E-state index is 12.8. The Kier molecular flexibility index (Phi) is 4.97. The van der Waals surface area contributed by atoms with Gasteiger partial charge in [0, 0.05) is 13.1 Å². The number of amides is 1. The van der Waals surface area contributed by atoms with E-state index in [4.69, 9.17) is 11.6 Å². The monoisotopic (exact) mass is 404 g/mol. The topological polar surface area (TPSA) is 66.5 Å². The molecule has 2 aromatic rings. The summed E-state index contributed by atoms with van der Waals surface area (Å²) >= 11 is 6.22. The molecule has 1 amide bonds. The smallest absolute Gasteiger partial charge is 0.253 e. The van der Waals surface area contributed by atoms with Gasteiger partial charge >= 0.3 is 0 Å². The number of hydrogen-bond acceptors (Lipinski definition) is 3. The molecule has 1 unspecified atom stereocenters. The molecule has 1 fully saturated rings. The number of carbonyl (C=O) groups excluding carboxylic acids is 1. The van der Waals surface area contributed by atoms with Crippen molar-refractivity contribution < 1.29 is 13.2 Å². The molecule has 1 saturated heterocycles. The van der Waals surface area contributed by atoms with Gasteiger partial charge in [-0.3, -0.25) is 4.79 Å². The van der Waals surface area contributed by atoms with Gasteiger partial charge in [0.2, 0.25) is 10.0 Å². The molecule has 2 aliphatic rings. The molecule has 0 bridgehead atoms. The highest BCUT2D eigenvalue weighted by Crippen LogP contribution is 2.32. The highest BCUT2D eigenvalue weighted by molar-refractivity contribution is 7.89. The van der Waals surface area contributed by atoms with Gasteiger partial charge < -0.3 is 5.32 Å². The fourth-order valence-electron chi connectivity index (χ4n) is 3.86. The zero-order valence-corrected chi connectivity index (χ0v) is 16.4. The Hall–Kier alpha value is -1.89. The van der Waals surface area contributed by atoms with E-state index in [9.17, 15) is 13.2 Å². The molecular weight excluding hydrogens is 384 g/mol. The van der Waals surface area contributed by atoms with Crippen molar-refractivity contribution in [3.05, 3.63) is 64.2 Å². The summed E-state index contributed by atoms with van der Waals surface area (Å²) in [5.41, 5.74) is 2.54. The van der Waals surface area contributed by atoms with Crippen molar-refractivity contribution in [3.8, 4) is 0 Å². The predicted octanol–water partition coefficient (Wildman–Crippen LogP) is 3.54. The summed E-state index contributed by atoms with van der Waals surface area (Å²) in [4.78, 5) is 12.9. The lowest BCUT2D eigenvalue weighted by atomic mass is 10.1. The number of aryl methyl sites for hydroxylation is 1. The summed E-state index contributed by atoms with van der Waals surface area (Å²) in [7, 11) is -3.59. The minimum atomic E-state index is -3.59. The molecule has 1 heterocycles. The molecule has 142 valence electrons. The Balaban J connectivity index is 1.59. The van der Waals surface area contributed by atoms with Gasteiger partial charge in [0.25, 0.3) is 5.91 Å². The van der Waals surface area contributed by atoms with E-state index in [0.717, 1.165) is 31.2 Å². The second-order valence-electron chi connectivity index (χ2n) is 7.02. The van der Waals surface area contributed by atoms with Crippen LogP contribution in [-0.4, -0.2) is 31.7 Å². The van der Waals surface area contributed by atoms with Gasteiger partial charge in [-0.25, -0.2) is 8.42 Å². The van der Waals surface area contributed by atoms with Crippen LogP contribution in [0, 0.1) is 0 Å². The van der Waals surface area contributed by atoms with Crippen molar-refractivity contribution in [2.45, 2.75) is 36.6 Å². The molecule has 1 atom stereocenters. The van der Waals surface area contributed by atoms with E-state index in [1.54, 1.807) is 0 Å². The van der Waals surface area contributed by atoms with Gasteiger partial charge in [0.15, 0.2) is 0 Å². The number of carbonyl (C=O) groups is 1. The van der Waals surface area contributed by atoms with Gasteiger partial charge in [0.05, 0.1) is 21.5 Å². The Morgan fingerprint density at radius 3 is 2.63 bits per heavy atom. The third-order valence-electron chi connectivity index (χ3n) is 5.32. The molecule has 1 N–H and O–H groups in total. The molecule has 4 rings (SSSR count). The van der Waals surface area contributed by atoms with Crippen LogP contribution in [0.4, 0.5) is 0 Å². The summed E-state index contributed by atoms with van der Waals surface area (Å²) < 4.78 is 27.0. The zero-order chi connectivity index (χ0) is 19.0. The molecule has 0 aromatic heterocycles. The Bertz CT molecular complexity index is 984. The fraction of sp³-hybridized carbons (Fsp3) is 0.350. The van der Waals surface area contributed by atoms with Crippen molar-refractivity contribution in [1.82, 2.24) is 9.62 Å². The molecule has 0 spiro atoms. The molecule has 0 saturated carbocycles. The standard InChI is InChI=1S/C20H21ClN2O3S/c21-18-9-8-15(27(25,26)23-11-3-4-12-23)13-17(18)20(24)22-19-10-7-14-5-1-2-6-16(14)19/h1-2,5-6,8-9,13,19H,3-4,7,10-12H2,(H,22,24). The van der Waals surface area contributed by atoms with Crippen LogP contribution >= 0.6 is 11.6 Å². The predicted molar refractivity (Wildman–Crippen MR) is 104 cm³/mol. The van der Waals surface area contributed by atoms with Gasteiger partial charge in [-0.1, -0.05) is 35.9 Å². The minimum Gasteiger partial charge on any atom is -0.345 e. The van der Waals surface area contributed by atoms with Crippen LogP contribution in [-0.2, 0) is 16.4 Å². The number of benzene rings is 2. The van der Waals surface area contributed by atoms with Crippen LogP contribution in [0.1, 0.15) is 46.8 Å². The number of rotatable bonds is 4. The van der Waals surface area contributed by atoms with E-state index < -0.39 is 10.0 Å². The lowest BCUT2D eigenvalue weighted by Crippen LogP contribution is -2.29. The van der Waals surface area contributed by atoms with Crippen LogP contribution in [0.15, 0.2) is 47.4 Å². The number of halogens is 1. The lowest BCUT2D eigenvalue weighted by molar-refractivity contribution is 0.0936. The van der Waals surface area contributed by atoms with Crippen molar-refractivity contribution in [2.75, 3.05) is 13.1 Å². The SMILES string of the molecule is O=C(NC1CCc2ccccc21)c1cc(S(=O)(=O)N2CCCC2)ccc1Cl. The molecule has 1 aliphatic carbocycles. The number of hydrogen-bond donors (Lipinski definition) is 1. The zero-order valence-electron chi connectivity index (χ0n) is 14.8. The quantitative estimate of drug-likeness (QED) is 0.847. The number of nitrogens with zero attached hydrogens (tertiary/aromatic N) is 1. The van der Waals surface area contributed by atoms with Gasteiger partial charge in [-0.15, -0.1) is 0 Å². The second kappa shape index (κ2) is 7.26. The van der Waals surface area contributed by atoms with Crippen LogP contribution in [0.25, 0.3) is 0 Å². The summed E-state index contributed by atoms with van der Waals surface area (Å²) in [5, 5.41) is 3.26. The first kappa shape index (κ1) is 18.5. The van der Waals surface area contributed by atoms with E-state index in [1.165, 1.54) is 28.1 Å². The molecule has 27 heavy (non-hydrogen) atoms. The molecule has 0 radical (unpaired) electrons. The summed E-state index contributed by atoms with van der Waals surface area (Å²) in [5.74, 6) is -0.347. The lowest BCUT2D eigenvalue weighted by Gasteiger charge is -2.18. The van der Waals surface area contributed by atoms with E-state index in [1.807, 2.05) is 18.2 Å². The minimum absolute atomic E-state index is 0.0800. The molecule has 5 nitrogen and oxygen atoms in total. The fourth-order valence-corrected chi connectivity index (χ4v) is 5.61. The van der Waals surface area contributed by atoms with E-state index >= 15 is 0 Å². The first-order valence-electron chi connectivity index (χ1n) is 9.15. The third-order valence-corrected chi connectivity index (χ3v) is 7.55. The van der Waals surface area contributed by atoms with Crippen molar-refractivity contribution in [1.29, 1.82) is 0 Å². The van der Waals surface area contributed by atoms with Crippen molar-refractivity contribution in [3.63, 3.8) is 0 Å². The second-order valence-corrected chi connectivity index (χ2v) is 9.36. The van der Waals surface area contributed by atoms with E-state index in [2.05, 4.69) is 11.4 Å². The van der Waals surface area contributed by atoms with Crippen molar-refractivity contribution >= 4 is 27.5 Å². The van der Waals surface area contributed by atoms with Gasteiger partial charge in [-0.2, -0.15) is 4.31 Å². The third kappa shape index (κ3) is 3.49. The normalized spacial score (nSPS) is 19.8. The number of sulfonamides is 1. The van der Waals surface area contributed by atoms with Crippen LogP contribution in [0.5, 0.6) is 0 Å². The molecule has 1 aliphatic heterocycles. The van der Waals surface area contributed by atoms with Crippen LogP contribution in [0.2, 0.25) is 5.02 Å². The van der Waals surface area contributed by atoms with E-state index in [-0.39, 0.29) is 27.4 Å². The largest absolute Gasteiger partial charge is 0.345 e. The Labute approximate surface area is 164 Å². The summed E-state index contributed by atoms with van der Waals surface area (Å²) in [6.07, 6.45) is 3.47. The van der Waals surface area contributed by atoms with Crippen molar-refractivity contribution in [2.24, 2.45) is 0 Å². The Morgan fingerprint density at radius 2 is 1.85 bits per heavy atom. The molecular formula is C20H21ClN2O3S.